The number of thiophene rings is 1. The first kappa shape index (κ1) is 16.4. The van der Waals surface area contributed by atoms with Crippen molar-refractivity contribution in [1.29, 1.82) is 0 Å². The molecule has 0 aliphatic heterocycles. The summed E-state index contributed by atoms with van der Waals surface area (Å²) in [5, 5.41) is 5.95. The summed E-state index contributed by atoms with van der Waals surface area (Å²) in [6.45, 7) is 0.0355. The molecule has 0 saturated carbocycles. The highest BCUT2D eigenvalue weighted by Gasteiger charge is 2.21. The van der Waals surface area contributed by atoms with E-state index in [1.807, 2.05) is 23.6 Å². The fraction of sp³-hybridized carbons (Fsp3) is 0.188. The summed E-state index contributed by atoms with van der Waals surface area (Å²) in [5.41, 5.74) is 1.22. The second kappa shape index (κ2) is 7.41. The number of carbonyl (C=O) groups excluding carboxylic acids is 1. The maximum atomic E-state index is 12.4. The number of carbonyl (C=O) groups is 1. The van der Waals surface area contributed by atoms with Crippen molar-refractivity contribution < 1.29 is 19.0 Å². The van der Waals surface area contributed by atoms with Crippen molar-refractivity contribution >= 4 is 28.8 Å². The van der Waals surface area contributed by atoms with Gasteiger partial charge < -0.3 is 14.2 Å². The first-order chi connectivity index (χ1) is 11.7. The molecule has 2 aromatic heterocycles. The van der Waals surface area contributed by atoms with Crippen LogP contribution < -0.4 is 9.47 Å². The minimum atomic E-state index is -0.471. The number of aromatic nitrogens is 2. The Morgan fingerprint density at radius 2 is 1.88 bits per heavy atom. The van der Waals surface area contributed by atoms with E-state index in [-0.39, 0.29) is 6.61 Å². The molecule has 0 aliphatic carbocycles. The highest BCUT2D eigenvalue weighted by Crippen LogP contribution is 2.31. The molecule has 0 bridgehead atoms. The molecule has 3 aromatic rings. The van der Waals surface area contributed by atoms with Crippen LogP contribution in [0.3, 0.4) is 0 Å². The first-order valence-corrected chi connectivity index (χ1v) is 8.63. The summed E-state index contributed by atoms with van der Waals surface area (Å²) in [6.07, 6.45) is 0. The van der Waals surface area contributed by atoms with Gasteiger partial charge in [-0.1, -0.05) is 16.6 Å². The second-order valence-corrected chi connectivity index (χ2v) is 6.35. The zero-order valence-electron chi connectivity index (χ0n) is 13.0. The molecule has 124 valence electrons. The SMILES string of the molecule is COc1cccc(OC)c1COC(=O)c1snnc1-c1cccs1. The van der Waals surface area contributed by atoms with Gasteiger partial charge in [0.2, 0.25) is 0 Å². The van der Waals surface area contributed by atoms with Crippen LogP contribution in [0.5, 0.6) is 11.5 Å². The molecule has 8 heteroatoms. The number of nitrogens with zero attached hydrogens (tertiary/aromatic N) is 2. The summed E-state index contributed by atoms with van der Waals surface area (Å²) >= 11 is 2.51. The predicted molar refractivity (Wildman–Crippen MR) is 91.9 cm³/mol. The topological polar surface area (TPSA) is 70.5 Å². The van der Waals surface area contributed by atoms with Crippen LogP contribution in [0, 0.1) is 0 Å². The molecule has 0 radical (unpaired) electrons. The van der Waals surface area contributed by atoms with E-state index in [1.165, 1.54) is 11.3 Å². The molecule has 0 saturated heterocycles. The normalized spacial score (nSPS) is 10.4. The summed E-state index contributed by atoms with van der Waals surface area (Å²) in [5.74, 6) is 0.729. The molecule has 0 amide bonds. The van der Waals surface area contributed by atoms with Gasteiger partial charge in [0.15, 0.2) is 4.88 Å². The van der Waals surface area contributed by atoms with E-state index in [0.29, 0.717) is 27.6 Å². The average Bonchev–Trinajstić information content (AvgIpc) is 3.29. The fourth-order valence-corrected chi connectivity index (χ4v) is 3.53. The zero-order chi connectivity index (χ0) is 16.9. The van der Waals surface area contributed by atoms with Gasteiger partial charge in [-0.3, -0.25) is 0 Å². The van der Waals surface area contributed by atoms with Gasteiger partial charge in [0.25, 0.3) is 0 Å². The van der Waals surface area contributed by atoms with Crippen molar-refractivity contribution in [2.24, 2.45) is 0 Å². The van der Waals surface area contributed by atoms with Crippen LogP contribution >= 0.6 is 22.9 Å². The molecule has 1 aromatic carbocycles. The van der Waals surface area contributed by atoms with E-state index < -0.39 is 5.97 Å². The van der Waals surface area contributed by atoms with Crippen molar-refractivity contribution in [2.75, 3.05) is 14.2 Å². The van der Waals surface area contributed by atoms with E-state index >= 15 is 0 Å². The Hall–Kier alpha value is -2.45. The summed E-state index contributed by atoms with van der Waals surface area (Å²) in [7, 11) is 3.12. The van der Waals surface area contributed by atoms with Gasteiger partial charge >= 0.3 is 5.97 Å². The molecule has 0 spiro atoms. The number of methoxy groups -OCH3 is 2. The van der Waals surface area contributed by atoms with Crippen molar-refractivity contribution in [1.82, 2.24) is 9.59 Å². The van der Waals surface area contributed by atoms with Crippen molar-refractivity contribution in [3.63, 3.8) is 0 Å². The van der Waals surface area contributed by atoms with Crippen LogP contribution in [-0.2, 0) is 11.3 Å². The van der Waals surface area contributed by atoms with E-state index in [2.05, 4.69) is 9.59 Å². The van der Waals surface area contributed by atoms with Crippen molar-refractivity contribution in [2.45, 2.75) is 6.61 Å². The van der Waals surface area contributed by atoms with Gasteiger partial charge in [-0.25, -0.2) is 4.79 Å². The Kier molecular flexibility index (Phi) is 5.07. The minimum absolute atomic E-state index is 0.0355. The summed E-state index contributed by atoms with van der Waals surface area (Å²) < 4.78 is 19.9. The number of hydrogen-bond acceptors (Lipinski definition) is 8. The van der Waals surface area contributed by atoms with Gasteiger partial charge in [-0.15, -0.1) is 16.4 Å². The number of rotatable bonds is 6. The highest BCUT2D eigenvalue weighted by molar-refractivity contribution is 7.14. The number of hydrogen-bond donors (Lipinski definition) is 0. The van der Waals surface area contributed by atoms with Crippen LogP contribution in [0.25, 0.3) is 10.6 Å². The number of benzene rings is 1. The third kappa shape index (κ3) is 3.24. The van der Waals surface area contributed by atoms with Crippen LogP contribution in [0.15, 0.2) is 35.7 Å². The molecule has 0 fully saturated rings. The molecule has 0 aliphatic rings. The highest BCUT2D eigenvalue weighted by atomic mass is 32.1. The van der Waals surface area contributed by atoms with Gasteiger partial charge in [0.1, 0.15) is 23.8 Å². The lowest BCUT2D eigenvalue weighted by Gasteiger charge is -2.12. The molecule has 0 N–H and O–H groups in total. The average molecular weight is 362 g/mol. The maximum absolute atomic E-state index is 12.4. The maximum Gasteiger partial charge on any atom is 0.352 e. The molecule has 6 nitrogen and oxygen atoms in total. The minimum Gasteiger partial charge on any atom is -0.496 e. The Labute approximate surface area is 146 Å². The third-order valence-electron chi connectivity index (χ3n) is 3.31. The molecular formula is C16H14N2O4S2. The summed E-state index contributed by atoms with van der Waals surface area (Å²) in [4.78, 5) is 13.7. The van der Waals surface area contributed by atoms with E-state index in [0.717, 1.165) is 16.4 Å². The van der Waals surface area contributed by atoms with Gasteiger partial charge in [-0.05, 0) is 35.1 Å². The molecular weight excluding hydrogens is 348 g/mol. The smallest absolute Gasteiger partial charge is 0.352 e. The van der Waals surface area contributed by atoms with E-state index in [9.17, 15) is 4.79 Å². The van der Waals surface area contributed by atoms with Crippen molar-refractivity contribution in [3.05, 3.63) is 46.2 Å². The lowest BCUT2D eigenvalue weighted by molar-refractivity contribution is 0.0474. The Bertz CT molecular complexity index is 808. The van der Waals surface area contributed by atoms with Gasteiger partial charge in [-0.2, -0.15) is 0 Å². The molecule has 24 heavy (non-hydrogen) atoms. The number of esters is 1. The van der Waals surface area contributed by atoms with E-state index in [1.54, 1.807) is 26.4 Å². The molecule has 0 unspecified atom stereocenters. The Morgan fingerprint density at radius 3 is 2.50 bits per heavy atom. The lowest BCUT2D eigenvalue weighted by Crippen LogP contribution is -2.06. The lowest BCUT2D eigenvalue weighted by atomic mass is 10.2. The van der Waals surface area contributed by atoms with Crippen LogP contribution in [0.2, 0.25) is 0 Å². The quantitative estimate of drug-likeness (QED) is 0.624. The van der Waals surface area contributed by atoms with Crippen LogP contribution in [-0.4, -0.2) is 29.8 Å². The fourth-order valence-electron chi connectivity index (χ4n) is 2.17. The number of ether oxygens (including phenoxy) is 3. The van der Waals surface area contributed by atoms with Crippen molar-refractivity contribution in [3.8, 4) is 22.1 Å². The standard InChI is InChI=1S/C16H14N2O4S2/c1-20-11-5-3-6-12(21-2)10(11)9-22-16(19)15-14(17-18-24-15)13-7-4-8-23-13/h3-8H,9H2,1-2H3. The predicted octanol–water partition coefficient (Wildman–Crippen LogP) is 3.64. The van der Waals surface area contributed by atoms with Crippen LogP contribution in [0.4, 0.5) is 0 Å². The van der Waals surface area contributed by atoms with E-state index in [4.69, 9.17) is 14.2 Å². The first-order valence-electron chi connectivity index (χ1n) is 6.97. The van der Waals surface area contributed by atoms with Crippen LogP contribution in [0.1, 0.15) is 15.2 Å². The van der Waals surface area contributed by atoms with Gasteiger partial charge in [0.05, 0.1) is 24.7 Å². The molecule has 3 rings (SSSR count). The third-order valence-corrected chi connectivity index (χ3v) is 4.89. The largest absolute Gasteiger partial charge is 0.496 e. The zero-order valence-corrected chi connectivity index (χ0v) is 14.6. The molecule has 0 atom stereocenters. The molecule has 2 heterocycles. The summed E-state index contributed by atoms with van der Waals surface area (Å²) in [6, 6.07) is 9.18. The Morgan fingerprint density at radius 1 is 1.12 bits per heavy atom. The van der Waals surface area contributed by atoms with Gasteiger partial charge in [0, 0.05) is 0 Å². The second-order valence-electron chi connectivity index (χ2n) is 4.65. The Balaban J connectivity index is 1.79. The monoisotopic (exact) mass is 362 g/mol.